The highest BCUT2D eigenvalue weighted by Gasteiger charge is 2.46. The zero-order valence-corrected chi connectivity index (χ0v) is 9.66. The molecule has 1 aliphatic heterocycles. The molecule has 0 aromatic heterocycles. The van der Waals surface area contributed by atoms with Gasteiger partial charge in [-0.05, 0) is 18.1 Å². The third-order valence-corrected chi connectivity index (χ3v) is 2.97. The molecule has 0 radical (unpaired) electrons. The number of esters is 1. The van der Waals surface area contributed by atoms with E-state index in [1.54, 1.807) is 0 Å². The molecule has 3 nitrogen and oxygen atoms in total. The van der Waals surface area contributed by atoms with Crippen LogP contribution in [0.4, 0.5) is 0 Å². The smallest absolute Gasteiger partial charge is 0.350 e. The Balaban J connectivity index is 2.30. The molecular formula is C13H16O3. The van der Waals surface area contributed by atoms with E-state index < -0.39 is 5.60 Å². The van der Waals surface area contributed by atoms with Gasteiger partial charge in [0.2, 0.25) is 5.60 Å². The summed E-state index contributed by atoms with van der Waals surface area (Å²) in [7, 11) is 1.41. The van der Waals surface area contributed by atoms with Crippen molar-refractivity contribution in [2.75, 3.05) is 7.11 Å². The number of ether oxygens (including phenoxy) is 2. The van der Waals surface area contributed by atoms with Gasteiger partial charge in [0.05, 0.1) is 7.11 Å². The Morgan fingerprint density at radius 1 is 1.50 bits per heavy atom. The maximum Gasteiger partial charge on any atom is 0.350 e. The van der Waals surface area contributed by atoms with Crippen LogP contribution in [0.5, 0.6) is 5.75 Å². The minimum atomic E-state index is -0.798. The third-order valence-electron chi connectivity index (χ3n) is 2.97. The summed E-state index contributed by atoms with van der Waals surface area (Å²) in [6.07, 6.45) is 2.20. The highest BCUT2D eigenvalue weighted by molar-refractivity contribution is 5.81. The molecule has 0 saturated heterocycles. The van der Waals surface area contributed by atoms with E-state index >= 15 is 0 Å². The van der Waals surface area contributed by atoms with Crippen LogP contribution in [0, 0.1) is 0 Å². The van der Waals surface area contributed by atoms with Gasteiger partial charge in [-0.3, -0.25) is 0 Å². The number of fused-ring (bicyclic) bond motifs is 1. The molecule has 1 heterocycles. The minimum absolute atomic E-state index is 0.273. The summed E-state index contributed by atoms with van der Waals surface area (Å²) in [6.45, 7) is 2.04. The van der Waals surface area contributed by atoms with Crippen molar-refractivity contribution in [2.45, 2.75) is 31.8 Å². The number of benzene rings is 1. The van der Waals surface area contributed by atoms with Crippen LogP contribution in [-0.2, 0) is 16.0 Å². The maximum absolute atomic E-state index is 11.8. The summed E-state index contributed by atoms with van der Waals surface area (Å²) in [5.74, 6) is 0.534. The van der Waals surface area contributed by atoms with Crippen LogP contribution in [0.15, 0.2) is 24.3 Å². The lowest BCUT2D eigenvalue weighted by Gasteiger charge is -2.25. The second-order valence-corrected chi connectivity index (χ2v) is 4.12. The summed E-state index contributed by atoms with van der Waals surface area (Å²) in [5, 5.41) is 0. The Morgan fingerprint density at radius 2 is 2.25 bits per heavy atom. The van der Waals surface area contributed by atoms with Gasteiger partial charge in [0.1, 0.15) is 5.75 Å². The zero-order chi connectivity index (χ0) is 11.6. The quantitative estimate of drug-likeness (QED) is 0.733. The molecule has 1 aliphatic rings. The first kappa shape index (κ1) is 11.0. The van der Waals surface area contributed by atoms with Gasteiger partial charge in [0.15, 0.2) is 0 Å². The van der Waals surface area contributed by atoms with E-state index in [1.165, 1.54) is 7.11 Å². The van der Waals surface area contributed by atoms with Gasteiger partial charge in [-0.2, -0.15) is 0 Å². The molecule has 2 rings (SSSR count). The van der Waals surface area contributed by atoms with Crippen LogP contribution in [0.1, 0.15) is 25.3 Å². The van der Waals surface area contributed by atoms with Crippen LogP contribution in [0.25, 0.3) is 0 Å². The van der Waals surface area contributed by atoms with Crippen molar-refractivity contribution < 1.29 is 14.3 Å². The monoisotopic (exact) mass is 220 g/mol. The van der Waals surface area contributed by atoms with Crippen LogP contribution in [0.3, 0.4) is 0 Å². The van der Waals surface area contributed by atoms with E-state index in [1.807, 2.05) is 31.2 Å². The molecule has 86 valence electrons. The van der Waals surface area contributed by atoms with Crippen molar-refractivity contribution in [3.8, 4) is 5.75 Å². The van der Waals surface area contributed by atoms with Gasteiger partial charge < -0.3 is 9.47 Å². The van der Waals surface area contributed by atoms with E-state index in [2.05, 4.69) is 0 Å². The third kappa shape index (κ3) is 1.66. The highest BCUT2D eigenvalue weighted by Crippen LogP contribution is 2.38. The fraction of sp³-hybridized carbons (Fsp3) is 0.462. The van der Waals surface area contributed by atoms with Gasteiger partial charge in [0, 0.05) is 6.42 Å². The molecule has 1 aromatic rings. The number of carbonyl (C=O) groups excluding carboxylic acids is 1. The first-order chi connectivity index (χ1) is 7.72. The molecule has 0 aliphatic carbocycles. The summed E-state index contributed by atoms with van der Waals surface area (Å²) in [4.78, 5) is 11.8. The molecule has 1 atom stereocenters. The lowest BCUT2D eigenvalue weighted by molar-refractivity contribution is -0.158. The Kier molecular flexibility index (Phi) is 2.86. The van der Waals surface area contributed by atoms with Crippen molar-refractivity contribution in [2.24, 2.45) is 0 Å². The molecule has 16 heavy (non-hydrogen) atoms. The fourth-order valence-electron chi connectivity index (χ4n) is 2.25. The predicted octanol–water partition coefficient (Wildman–Crippen LogP) is 2.33. The Bertz CT molecular complexity index is 373. The Morgan fingerprint density at radius 3 is 2.88 bits per heavy atom. The molecule has 0 N–H and O–H groups in total. The Labute approximate surface area is 95.4 Å². The SMILES string of the molecule is CCCC1(C(=O)OC)Cc2ccccc2O1. The highest BCUT2D eigenvalue weighted by atomic mass is 16.6. The van der Waals surface area contributed by atoms with Crippen molar-refractivity contribution in [1.29, 1.82) is 0 Å². The fourth-order valence-corrected chi connectivity index (χ4v) is 2.25. The van der Waals surface area contributed by atoms with Crippen LogP contribution < -0.4 is 4.74 Å². The molecule has 1 aromatic carbocycles. The average Bonchev–Trinajstić information content (AvgIpc) is 2.67. The second kappa shape index (κ2) is 4.16. The standard InChI is InChI=1S/C13H16O3/c1-3-8-13(12(14)15-2)9-10-6-4-5-7-11(10)16-13/h4-7H,3,8-9H2,1-2H3. The molecule has 0 bridgehead atoms. The van der Waals surface area contributed by atoms with Gasteiger partial charge in [0.25, 0.3) is 0 Å². The van der Waals surface area contributed by atoms with Crippen molar-refractivity contribution in [3.63, 3.8) is 0 Å². The average molecular weight is 220 g/mol. The van der Waals surface area contributed by atoms with E-state index in [4.69, 9.17) is 9.47 Å². The van der Waals surface area contributed by atoms with Crippen molar-refractivity contribution in [1.82, 2.24) is 0 Å². The molecule has 0 amide bonds. The summed E-state index contributed by atoms with van der Waals surface area (Å²) in [6, 6.07) is 7.77. The van der Waals surface area contributed by atoms with Crippen LogP contribution >= 0.6 is 0 Å². The summed E-state index contributed by atoms with van der Waals surface area (Å²) < 4.78 is 10.7. The molecule has 0 spiro atoms. The molecule has 0 fully saturated rings. The van der Waals surface area contributed by atoms with E-state index in [0.29, 0.717) is 12.8 Å². The van der Waals surface area contributed by atoms with Crippen LogP contribution in [-0.4, -0.2) is 18.7 Å². The number of methoxy groups -OCH3 is 1. The largest absolute Gasteiger partial charge is 0.475 e. The first-order valence-corrected chi connectivity index (χ1v) is 5.57. The van der Waals surface area contributed by atoms with Gasteiger partial charge >= 0.3 is 5.97 Å². The maximum atomic E-state index is 11.8. The molecule has 3 heteroatoms. The van der Waals surface area contributed by atoms with E-state index in [0.717, 1.165) is 17.7 Å². The van der Waals surface area contributed by atoms with Gasteiger partial charge in [-0.25, -0.2) is 4.79 Å². The Hall–Kier alpha value is -1.51. The van der Waals surface area contributed by atoms with E-state index in [9.17, 15) is 4.79 Å². The number of hydrogen-bond donors (Lipinski definition) is 0. The number of rotatable bonds is 3. The molecular weight excluding hydrogens is 204 g/mol. The van der Waals surface area contributed by atoms with Gasteiger partial charge in [-0.1, -0.05) is 31.5 Å². The van der Waals surface area contributed by atoms with Crippen molar-refractivity contribution >= 4 is 5.97 Å². The van der Waals surface area contributed by atoms with Crippen LogP contribution in [0.2, 0.25) is 0 Å². The van der Waals surface area contributed by atoms with Crippen molar-refractivity contribution in [3.05, 3.63) is 29.8 Å². The zero-order valence-electron chi connectivity index (χ0n) is 9.66. The lowest BCUT2D eigenvalue weighted by Crippen LogP contribution is -2.44. The van der Waals surface area contributed by atoms with Gasteiger partial charge in [-0.15, -0.1) is 0 Å². The normalized spacial score (nSPS) is 22.4. The summed E-state index contributed by atoms with van der Waals surface area (Å²) >= 11 is 0. The number of para-hydroxylation sites is 1. The first-order valence-electron chi connectivity index (χ1n) is 5.57. The lowest BCUT2D eigenvalue weighted by atomic mass is 9.92. The molecule has 0 saturated carbocycles. The summed E-state index contributed by atoms with van der Waals surface area (Å²) in [5.41, 5.74) is 0.286. The topological polar surface area (TPSA) is 35.5 Å². The predicted molar refractivity (Wildman–Crippen MR) is 60.4 cm³/mol. The molecule has 1 unspecified atom stereocenters. The number of hydrogen-bond acceptors (Lipinski definition) is 3. The second-order valence-electron chi connectivity index (χ2n) is 4.12. The minimum Gasteiger partial charge on any atom is -0.475 e. The number of carbonyl (C=O) groups is 1. The van der Waals surface area contributed by atoms with E-state index in [-0.39, 0.29) is 5.97 Å².